The average Bonchev–Trinajstić information content (AvgIpc) is 3.24. The van der Waals surface area contributed by atoms with Crippen LogP contribution in [-0.4, -0.2) is 69.9 Å². The molecule has 0 unspecified atom stereocenters. The number of carbonyl (C=O) groups is 2. The summed E-state index contributed by atoms with van der Waals surface area (Å²) in [7, 11) is 2.05. The molecule has 1 saturated heterocycles. The summed E-state index contributed by atoms with van der Waals surface area (Å²) in [5.74, 6) is -0.171. The first-order chi connectivity index (χ1) is 13.6. The third kappa shape index (κ3) is 3.70. The molecule has 1 aliphatic heterocycles. The fourth-order valence-electron chi connectivity index (χ4n) is 3.18. The number of hydrogen-bond donors (Lipinski definition) is 1. The number of benzene rings is 1. The molecular formula is C21H21N5O2. The summed E-state index contributed by atoms with van der Waals surface area (Å²) < 4.78 is 0. The number of H-pyrrole nitrogens is 1. The van der Waals surface area contributed by atoms with Crippen molar-refractivity contribution < 1.29 is 9.59 Å². The molecule has 0 saturated carbocycles. The van der Waals surface area contributed by atoms with Gasteiger partial charge in [-0.3, -0.25) is 19.7 Å². The minimum atomic E-state index is -0.125. The van der Waals surface area contributed by atoms with Crippen LogP contribution < -0.4 is 0 Å². The highest BCUT2D eigenvalue weighted by atomic mass is 16.2. The summed E-state index contributed by atoms with van der Waals surface area (Å²) in [4.78, 5) is 33.4. The number of ketones is 1. The van der Waals surface area contributed by atoms with Crippen LogP contribution in [0.4, 0.5) is 0 Å². The summed E-state index contributed by atoms with van der Waals surface area (Å²) in [6, 6.07) is 14.3. The number of nitrogens with one attached hydrogen (secondary N) is 1. The standard InChI is InChI=1S/C21H21N5O2/c1-25-9-11-26(12-10-25)21(28)19-13-18(23-24-19)16-7-8-17(22-14-16)20(27)15-5-3-2-4-6-15/h2-8,13-14H,9-12H2,1H3,(H,23,24). The van der Waals surface area contributed by atoms with Crippen LogP contribution in [0.15, 0.2) is 54.7 Å². The Kier molecular flexibility index (Phi) is 4.99. The van der Waals surface area contributed by atoms with E-state index in [4.69, 9.17) is 0 Å². The normalized spacial score (nSPS) is 14.8. The highest BCUT2D eigenvalue weighted by Crippen LogP contribution is 2.19. The van der Waals surface area contributed by atoms with Gasteiger partial charge in [0.15, 0.2) is 0 Å². The van der Waals surface area contributed by atoms with Gasteiger partial charge in [0.25, 0.3) is 5.91 Å². The fourth-order valence-corrected chi connectivity index (χ4v) is 3.18. The van der Waals surface area contributed by atoms with Gasteiger partial charge < -0.3 is 9.80 Å². The third-order valence-corrected chi connectivity index (χ3v) is 4.93. The molecule has 0 aliphatic carbocycles. The average molecular weight is 375 g/mol. The van der Waals surface area contributed by atoms with Crippen molar-refractivity contribution in [2.75, 3.05) is 33.2 Å². The van der Waals surface area contributed by atoms with Crippen LogP contribution in [-0.2, 0) is 0 Å². The van der Waals surface area contributed by atoms with Gasteiger partial charge in [0.2, 0.25) is 5.78 Å². The Labute approximate surface area is 163 Å². The van der Waals surface area contributed by atoms with Crippen molar-refractivity contribution in [3.63, 3.8) is 0 Å². The Morgan fingerprint density at radius 3 is 2.43 bits per heavy atom. The molecule has 4 rings (SSSR count). The van der Waals surface area contributed by atoms with Gasteiger partial charge in [0.05, 0.1) is 5.69 Å². The van der Waals surface area contributed by atoms with Crippen molar-refractivity contribution in [3.8, 4) is 11.3 Å². The molecule has 28 heavy (non-hydrogen) atoms. The summed E-state index contributed by atoms with van der Waals surface area (Å²) >= 11 is 0. The number of amides is 1. The van der Waals surface area contributed by atoms with Gasteiger partial charge in [-0.05, 0) is 25.2 Å². The molecule has 3 heterocycles. The van der Waals surface area contributed by atoms with Gasteiger partial charge in [-0.2, -0.15) is 5.10 Å². The molecule has 7 nitrogen and oxygen atoms in total. The largest absolute Gasteiger partial charge is 0.335 e. The van der Waals surface area contributed by atoms with Crippen molar-refractivity contribution in [1.29, 1.82) is 0 Å². The van der Waals surface area contributed by atoms with Gasteiger partial charge in [0.1, 0.15) is 11.4 Å². The maximum absolute atomic E-state index is 12.6. The molecule has 0 radical (unpaired) electrons. The predicted octanol–water partition coefficient (Wildman–Crippen LogP) is 2.09. The number of aromatic nitrogens is 3. The van der Waals surface area contributed by atoms with Gasteiger partial charge in [0, 0.05) is 43.5 Å². The fraction of sp³-hybridized carbons (Fsp3) is 0.238. The highest BCUT2D eigenvalue weighted by molar-refractivity contribution is 6.07. The van der Waals surface area contributed by atoms with E-state index >= 15 is 0 Å². The van der Waals surface area contributed by atoms with Gasteiger partial charge >= 0.3 is 0 Å². The van der Waals surface area contributed by atoms with Crippen LogP contribution in [0.3, 0.4) is 0 Å². The second-order valence-electron chi connectivity index (χ2n) is 6.89. The quantitative estimate of drug-likeness (QED) is 0.706. The van der Waals surface area contributed by atoms with Crippen LogP contribution in [0.2, 0.25) is 0 Å². The number of piperazine rings is 1. The van der Waals surface area contributed by atoms with Crippen molar-refractivity contribution in [2.45, 2.75) is 0 Å². The number of pyridine rings is 1. The topological polar surface area (TPSA) is 82.2 Å². The van der Waals surface area contributed by atoms with E-state index in [1.165, 1.54) is 0 Å². The lowest BCUT2D eigenvalue weighted by Gasteiger charge is -2.31. The van der Waals surface area contributed by atoms with Crippen LogP contribution in [0.5, 0.6) is 0 Å². The second kappa shape index (κ2) is 7.74. The lowest BCUT2D eigenvalue weighted by Crippen LogP contribution is -2.47. The Hall–Kier alpha value is -3.32. The number of hydrogen-bond acceptors (Lipinski definition) is 5. The monoisotopic (exact) mass is 375 g/mol. The van der Waals surface area contributed by atoms with Crippen LogP contribution >= 0.6 is 0 Å². The molecule has 1 aromatic carbocycles. The minimum absolute atomic E-state index is 0.0457. The van der Waals surface area contributed by atoms with Crippen LogP contribution in [0.1, 0.15) is 26.5 Å². The Morgan fingerprint density at radius 2 is 1.75 bits per heavy atom. The van der Waals surface area contributed by atoms with Gasteiger partial charge in [-0.15, -0.1) is 0 Å². The molecule has 7 heteroatoms. The first kappa shape index (κ1) is 18.1. The summed E-state index contributed by atoms with van der Waals surface area (Å²) in [5, 5.41) is 7.07. The number of nitrogens with zero attached hydrogens (tertiary/aromatic N) is 4. The lowest BCUT2D eigenvalue weighted by molar-refractivity contribution is 0.0658. The highest BCUT2D eigenvalue weighted by Gasteiger charge is 2.22. The van der Waals surface area contributed by atoms with Crippen LogP contribution in [0.25, 0.3) is 11.3 Å². The van der Waals surface area contributed by atoms with Crippen LogP contribution in [0, 0.1) is 0 Å². The maximum atomic E-state index is 12.6. The van der Waals surface area contributed by atoms with E-state index in [0.29, 0.717) is 35.7 Å². The zero-order valence-electron chi connectivity index (χ0n) is 15.6. The Morgan fingerprint density at radius 1 is 1.00 bits per heavy atom. The van der Waals surface area contributed by atoms with E-state index in [1.54, 1.807) is 36.5 Å². The predicted molar refractivity (Wildman–Crippen MR) is 105 cm³/mol. The molecule has 0 bridgehead atoms. The summed E-state index contributed by atoms with van der Waals surface area (Å²) in [5.41, 5.74) is 2.81. The molecule has 1 fully saturated rings. The van der Waals surface area contributed by atoms with E-state index in [2.05, 4.69) is 27.1 Å². The molecule has 0 atom stereocenters. The Balaban J connectivity index is 1.48. The van der Waals surface area contributed by atoms with Gasteiger partial charge in [-0.25, -0.2) is 0 Å². The molecule has 142 valence electrons. The van der Waals surface area contributed by atoms with E-state index in [0.717, 1.165) is 18.7 Å². The van der Waals surface area contributed by atoms with Gasteiger partial charge in [-0.1, -0.05) is 30.3 Å². The number of rotatable bonds is 4. The van der Waals surface area contributed by atoms with Crippen molar-refractivity contribution in [3.05, 3.63) is 71.7 Å². The van der Waals surface area contributed by atoms with E-state index < -0.39 is 0 Å². The molecule has 1 N–H and O–H groups in total. The van der Waals surface area contributed by atoms with Crippen molar-refractivity contribution >= 4 is 11.7 Å². The summed E-state index contributed by atoms with van der Waals surface area (Å²) in [6.07, 6.45) is 1.61. The van der Waals surface area contributed by atoms with E-state index in [9.17, 15) is 9.59 Å². The van der Waals surface area contributed by atoms with E-state index in [1.807, 2.05) is 23.1 Å². The SMILES string of the molecule is CN1CCN(C(=O)c2cc(-c3ccc(C(=O)c4ccccc4)nc3)n[nH]2)CC1. The lowest BCUT2D eigenvalue weighted by atomic mass is 10.1. The summed E-state index contributed by atoms with van der Waals surface area (Å²) in [6.45, 7) is 3.16. The molecule has 2 aromatic heterocycles. The number of carbonyl (C=O) groups excluding carboxylic acids is 2. The zero-order chi connectivity index (χ0) is 19.5. The maximum Gasteiger partial charge on any atom is 0.271 e. The molecule has 1 aliphatic rings. The number of likely N-dealkylation sites (N-methyl/N-ethyl adjacent to an activating group) is 1. The van der Waals surface area contributed by atoms with Crippen molar-refractivity contribution in [2.24, 2.45) is 0 Å². The number of aromatic amines is 1. The second-order valence-corrected chi connectivity index (χ2v) is 6.89. The smallest absolute Gasteiger partial charge is 0.271 e. The third-order valence-electron chi connectivity index (χ3n) is 4.93. The minimum Gasteiger partial charge on any atom is -0.335 e. The molecule has 0 spiro atoms. The zero-order valence-corrected chi connectivity index (χ0v) is 15.6. The van der Waals surface area contributed by atoms with E-state index in [-0.39, 0.29) is 11.7 Å². The first-order valence-corrected chi connectivity index (χ1v) is 9.21. The molecule has 3 aromatic rings. The molecule has 1 amide bonds. The Bertz CT molecular complexity index is 974. The first-order valence-electron chi connectivity index (χ1n) is 9.21. The molecular weight excluding hydrogens is 354 g/mol. The van der Waals surface area contributed by atoms with Crippen molar-refractivity contribution in [1.82, 2.24) is 25.0 Å².